The van der Waals surface area contributed by atoms with Crippen LogP contribution in [0, 0.1) is 11.3 Å². The van der Waals surface area contributed by atoms with E-state index in [-0.39, 0.29) is 5.91 Å². The Morgan fingerprint density at radius 1 is 1.19 bits per heavy atom. The van der Waals surface area contributed by atoms with Gasteiger partial charge in [0.2, 0.25) is 5.91 Å². The number of furan rings is 1. The molecule has 0 fully saturated rings. The van der Waals surface area contributed by atoms with E-state index in [0.29, 0.717) is 32.4 Å². The van der Waals surface area contributed by atoms with Gasteiger partial charge in [0.1, 0.15) is 5.76 Å². The molecule has 0 unspecified atom stereocenters. The Hall–Kier alpha value is -2.54. The van der Waals surface area contributed by atoms with Crippen molar-refractivity contribution in [1.29, 1.82) is 5.26 Å². The summed E-state index contributed by atoms with van der Waals surface area (Å²) in [6, 6.07) is 15.6. The molecule has 2 aromatic rings. The third-order valence-corrected chi connectivity index (χ3v) is 3.24. The molecule has 1 amide bonds. The molecule has 0 saturated carbocycles. The minimum absolute atomic E-state index is 0.0468. The fourth-order valence-electron chi connectivity index (χ4n) is 2.12. The molecule has 2 rings (SSSR count). The van der Waals surface area contributed by atoms with Crippen molar-refractivity contribution in [2.75, 3.05) is 6.54 Å². The SMILES string of the molecule is N#CCCN(Cc1ccco1)C(=O)CCc1ccccc1. The van der Waals surface area contributed by atoms with E-state index in [9.17, 15) is 4.79 Å². The topological polar surface area (TPSA) is 57.2 Å². The van der Waals surface area contributed by atoms with Gasteiger partial charge in [0.05, 0.1) is 25.3 Å². The normalized spacial score (nSPS) is 10.0. The van der Waals surface area contributed by atoms with Crippen molar-refractivity contribution >= 4 is 5.91 Å². The van der Waals surface area contributed by atoms with Gasteiger partial charge in [-0.15, -0.1) is 0 Å². The number of nitriles is 1. The maximum Gasteiger partial charge on any atom is 0.223 e. The molecule has 0 aliphatic carbocycles. The van der Waals surface area contributed by atoms with Crippen molar-refractivity contribution in [3.8, 4) is 6.07 Å². The lowest BCUT2D eigenvalue weighted by molar-refractivity contribution is -0.132. The van der Waals surface area contributed by atoms with E-state index >= 15 is 0 Å². The fourth-order valence-corrected chi connectivity index (χ4v) is 2.12. The first kappa shape index (κ1) is 14.9. The van der Waals surface area contributed by atoms with Gasteiger partial charge < -0.3 is 9.32 Å². The standard InChI is InChI=1S/C17H18N2O2/c18-11-5-12-19(14-16-8-4-13-21-16)17(20)10-9-15-6-2-1-3-7-15/h1-4,6-8,13H,5,9-10,12,14H2. The second kappa shape index (κ2) is 7.91. The number of carbonyl (C=O) groups is 1. The molecule has 0 saturated heterocycles. The first-order valence-corrected chi connectivity index (χ1v) is 7.00. The van der Waals surface area contributed by atoms with Gasteiger partial charge in [-0.05, 0) is 24.1 Å². The van der Waals surface area contributed by atoms with E-state index in [1.54, 1.807) is 17.2 Å². The quantitative estimate of drug-likeness (QED) is 0.783. The largest absolute Gasteiger partial charge is 0.467 e. The smallest absolute Gasteiger partial charge is 0.223 e. The zero-order chi connectivity index (χ0) is 14.9. The molecule has 21 heavy (non-hydrogen) atoms. The zero-order valence-corrected chi connectivity index (χ0v) is 11.9. The molecule has 0 atom stereocenters. The van der Waals surface area contributed by atoms with Gasteiger partial charge in [0.25, 0.3) is 0 Å². The number of benzene rings is 1. The molecule has 0 aliphatic heterocycles. The molecule has 4 heteroatoms. The van der Waals surface area contributed by atoms with Crippen LogP contribution in [0.15, 0.2) is 53.1 Å². The van der Waals surface area contributed by atoms with Gasteiger partial charge in [0.15, 0.2) is 0 Å². The lowest BCUT2D eigenvalue weighted by Gasteiger charge is -2.20. The Balaban J connectivity index is 1.92. The zero-order valence-electron chi connectivity index (χ0n) is 11.9. The summed E-state index contributed by atoms with van der Waals surface area (Å²) >= 11 is 0. The molecule has 1 heterocycles. The average molecular weight is 282 g/mol. The van der Waals surface area contributed by atoms with Crippen molar-refractivity contribution in [2.45, 2.75) is 25.8 Å². The highest BCUT2D eigenvalue weighted by Gasteiger charge is 2.14. The predicted molar refractivity (Wildman–Crippen MR) is 79.1 cm³/mol. The van der Waals surface area contributed by atoms with E-state index in [1.165, 1.54) is 0 Å². The van der Waals surface area contributed by atoms with Crippen molar-refractivity contribution < 1.29 is 9.21 Å². The second-order valence-corrected chi connectivity index (χ2v) is 4.79. The third-order valence-electron chi connectivity index (χ3n) is 3.24. The van der Waals surface area contributed by atoms with Crippen molar-refractivity contribution in [3.05, 3.63) is 60.1 Å². The van der Waals surface area contributed by atoms with Crippen LogP contribution in [-0.2, 0) is 17.8 Å². The maximum atomic E-state index is 12.3. The summed E-state index contributed by atoms with van der Waals surface area (Å²) in [4.78, 5) is 14.0. The summed E-state index contributed by atoms with van der Waals surface area (Å²) < 4.78 is 5.28. The number of nitrogens with zero attached hydrogens (tertiary/aromatic N) is 2. The van der Waals surface area contributed by atoms with Gasteiger partial charge in [-0.2, -0.15) is 5.26 Å². The highest BCUT2D eigenvalue weighted by atomic mass is 16.3. The summed E-state index contributed by atoms with van der Waals surface area (Å²) in [6.07, 6.45) is 3.07. The van der Waals surface area contributed by atoms with Gasteiger partial charge in [-0.3, -0.25) is 4.79 Å². The molecule has 1 aromatic carbocycles. The number of carbonyl (C=O) groups excluding carboxylic acids is 1. The molecule has 0 aliphatic rings. The van der Waals surface area contributed by atoms with E-state index in [4.69, 9.17) is 9.68 Å². The van der Waals surface area contributed by atoms with Crippen LogP contribution < -0.4 is 0 Å². The lowest BCUT2D eigenvalue weighted by Crippen LogP contribution is -2.31. The first-order chi connectivity index (χ1) is 10.3. The number of amides is 1. The van der Waals surface area contributed by atoms with Crippen LogP contribution in [0.3, 0.4) is 0 Å². The van der Waals surface area contributed by atoms with Crippen molar-refractivity contribution in [1.82, 2.24) is 4.90 Å². The van der Waals surface area contributed by atoms with Crippen LogP contribution >= 0.6 is 0 Å². The molecular weight excluding hydrogens is 264 g/mol. The van der Waals surface area contributed by atoms with Crippen LogP contribution in [0.25, 0.3) is 0 Å². The molecule has 0 N–H and O–H groups in total. The van der Waals surface area contributed by atoms with Gasteiger partial charge in [-0.1, -0.05) is 30.3 Å². The van der Waals surface area contributed by atoms with Crippen LogP contribution in [0.2, 0.25) is 0 Å². The van der Waals surface area contributed by atoms with Crippen LogP contribution in [0.1, 0.15) is 24.2 Å². The van der Waals surface area contributed by atoms with E-state index in [0.717, 1.165) is 11.3 Å². The Morgan fingerprint density at radius 2 is 2.00 bits per heavy atom. The van der Waals surface area contributed by atoms with Gasteiger partial charge in [0, 0.05) is 13.0 Å². The van der Waals surface area contributed by atoms with Gasteiger partial charge in [-0.25, -0.2) is 0 Å². The predicted octanol–water partition coefficient (Wildman–Crippen LogP) is 3.15. The van der Waals surface area contributed by atoms with E-state index in [2.05, 4.69) is 6.07 Å². The summed E-state index contributed by atoms with van der Waals surface area (Å²) in [5.41, 5.74) is 1.14. The monoisotopic (exact) mass is 282 g/mol. The number of aryl methyl sites for hydroxylation is 1. The van der Waals surface area contributed by atoms with E-state index in [1.807, 2.05) is 36.4 Å². The minimum atomic E-state index is 0.0468. The summed E-state index contributed by atoms with van der Waals surface area (Å²) in [7, 11) is 0. The summed E-state index contributed by atoms with van der Waals surface area (Å²) in [6.45, 7) is 0.854. The number of hydrogen-bond donors (Lipinski definition) is 0. The Kier molecular flexibility index (Phi) is 5.60. The minimum Gasteiger partial charge on any atom is -0.467 e. The Morgan fingerprint density at radius 3 is 2.67 bits per heavy atom. The van der Waals surface area contributed by atoms with Crippen LogP contribution in [0.4, 0.5) is 0 Å². The molecule has 0 bridgehead atoms. The molecule has 0 radical (unpaired) electrons. The summed E-state index contributed by atoms with van der Waals surface area (Å²) in [5.74, 6) is 0.784. The maximum absolute atomic E-state index is 12.3. The highest BCUT2D eigenvalue weighted by Crippen LogP contribution is 2.10. The van der Waals surface area contributed by atoms with Crippen molar-refractivity contribution in [3.63, 3.8) is 0 Å². The summed E-state index contributed by atoms with van der Waals surface area (Å²) in [5, 5.41) is 8.72. The molecule has 1 aromatic heterocycles. The highest BCUT2D eigenvalue weighted by molar-refractivity contribution is 5.76. The Labute approximate surface area is 124 Å². The number of hydrogen-bond acceptors (Lipinski definition) is 3. The fraction of sp³-hybridized carbons (Fsp3) is 0.294. The lowest BCUT2D eigenvalue weighted by atomic mass is 10.1. The molecular formula is C17H18N2O2. The van der Waals surface area contributed by atoms with Crippen LogP contribution in [-0.4, -0.2) is 17.4 Å². The molecule has 0 spiro atoms. The first-order valence-electron chi connectivity index (χ1n) is 7.00. The molecule has 4 nitrogen and oxygen atoms in total. The Bertz CT molecular complexity index is 585. The van der Waals surface area contributed by atoms with Crippen LogP contribution in [0.5, 0.6) is 0 Å². The van der Waals surface area contributed by atoms with Gasteiger partial charge >= 0.3 is 0 Å². The third kappa shape index (κ3) is 4.81. The number of rotatable bonds is 7. The average Bonchev–Trinajstić information content (AvgIpc) is 3.03. The second-order valence-electron chi connectivity index (χ2n) is 4.79. The van der Waals surface area contributed by atoms with E-state index < -0.39 is 0 Å². The molecule has 108 valence electrons. The van der Waals surface area contributed by atoms with Crippen molar-refractivity contribution in [2.24, 2.45) is 0 Å².